The first-order valence-corrected chi connectivity index (χ1v) is 53.5. The van der Waals surface area contributed by atoms with Crippen LogP contribution in [0.1, 0.15) is 160 Å². The van der Waals surface area contributed by atoms with Gasteiger partial charge in [0.2, 0.25) is 20.0 Å². The van der Waals surface area contributed by atoms with Gasteiger partial charge < -0.3 is 38.8 Å². The van der Waals surface area contributed by atoms with Crippen molar-refractivity contribution in [2.45, 2.75) is 179 Å². The van der Waals surface area contributed by atoms with Crippen LogP contribution in [0.3, 0.4) is 0 Å². The van der Waals surface area contributed by atoms with Crippen LogP contribution in [0.15, 0.2) is 141 Å². The summed E-state index contributed by atoms with van der Waals surface area (Å²) in [7, 11) is -9.34. The van der Waals surface area contributed by atoms with E-state index in [0.717, 1.165) is 168 Å². The number of sulfonamides is 2. The zero-order chi connectivity index (χ0) is 84.7. The molecule has 17 rings (SSSR count). The monoisotopic (exact) mass is 1760 g/mol. The number of likely N-dealkylation sites (tertiary alicyclic amines) is 2. The van der Waals surface area contributed by atoms with Crippen LogP contribution in [0.4, 0.5) is 16.2 Å². The minimum atomic E-state index is -3.84. The molecule has 35 heteroatoms. The summed E-state index contributed by atoms with van der Waals surface area (Å²) in [6, 6.07) is 30.2. The van der Waals surface area contributed by atoms with Gasteiger partial charge in [-0.1, -0.05) is 124 Å². The number of nitrogens with zero attached hydrogens (tertiary/aromatic N) is 18. The summed E-state index contributed by atoms with van der Waals surface area (Å²) < 4.78 is 71.6. The number of nitrogens with two attached hydrogens (primary N) is 1. The molecule has 6 saturated heterocycles. The van der Waals surface area contributed by atoms with Crippen molar-refractivity contribution in [1.29, 1.82) is 0 Å². The molecule has 8 aliphatic rings. The Bertz CT molecular complexity index is 4830. The first-order chi connectivity index (χ1) is 57.8. The minimum absolute atomic E-state index is 0. The van der Waals surface area contributed by atoms with Crippen LogP contribution in [0.5, 0.6) is 0 Å². The van der Waals surface area contributed by atoms with Crippen molar-refractivity contribution < 1.29 is 97.2 Å². The largest absolute Gasteiger partial charge is 1.00 e. The Labute approximate surface area is 759 Å². The van der Waals surface area contributed by atoms with E-state index >= 15 is 0 Å². The maximum Gasteiger partial charge on any atom is 1.00 e. The van der Waals surface area contributed by atoms with Gasteiger partial charge in [0.05, 0.1) is 82.8 Å². The molecule has 4 N–H and O–H groups in total. The number of piperidine rings is 4. The predicted molar refractivity (Wildman–Crippen MR) is 477 cm³/mol. The van der Waals surface area contributed by atoms with E-state index in [2.05, 4.69) is 93.3 Å². The van der Waals surface area contributed by atoms with Crippen LogP contribution in [0, 0.1) is 0 Å². The van der Waals surface area contributed by atoms with Crippen molar-refractivity contribution in [2.75, 3.05) is 139 Å². The molecule has 7 aromatic heterocycles. The van der Waals surface area contributed by atoms with Crippen molar-refractivity contribution in [3.8, 4) is 11.4 Å². The maximum atomic E-state index is 13.7. The first-order valence-electron chi connectivity index (χ1n) is 43.2. The van der Waals surface area contributed by atoms with Crippen LogP contribution in [0.25, 0.3) is 38.1 Å². The van der Waals surface area contributed by atoms with E-state index in [1.165, 1.54) is 99.3 Å². The molecule has 9 aromatic rings. The summed E-state index contributed by atoms with van der Waals surface area (Å²) in [5.41, 5.74) is 7.34. The number of carbonyl (C=O) groups is 3. The number of fused-ring (bicyclic) bond motifs is 2. The number of carbonyl (C=O) groups excluding carboxylic acids is 2. The van der Waals surface area contributed by atoms with Crippen molar-refractivity contribution >= 4 is 87.9 Å². The average Bonchev–Trinajstić information content (AvgIpc) is 1.61. The Morgan fingerprint density at radius 2 is 0.909 bits per heavy atom. The van der Waals surface area contributed by atoms with Crippen LogP contribution in [-0.4, -0.2) is 271 Å². The SMILES string of the molecule is C[Si](C)(C)[N-][Si](C)(C)C.NS(=O)(=O)CCCN1CCOCC1.O=C(NS(=O)(=O)CCCN1CCOCC1)c1cc(N2CCC(N3CCCCC3)CC2)c2c(C3CCC3)nn(-c3ccccc3)c2n1.O=C(O)c1cc(N2CCC(N3CCCCC3)CC2)c2c(C3CCC3)nn(-c3ccccc3)c2n1.O=C(n1ccnc1)n1ccnc1.[K+].c1ccncc1. The van der Waals surface area contributed by atoms with E-state index in [1.54, 1.807) is 43.2 Å². The second kappa shape index (κ2) is 45.8. The fraction of sp³-hybridized carbons (Fsp3) is 0.558. The molecule has 650 valence electrons. The van der Waals surface area contributed by atoms with Gasteiger partial charge in [-0.3, -0.25) is 28.7 Å². The van der Waals surface area contributed by atoms with E-state index in [4.69, 9.17) is 34.4 Å². The number of aromatic carboxylic acids is 1. The Morgan fingerprint density at radius 1 is 0.504 bits per heavy atom. The molecule has 6 aliphatic heterocycles. The van der Waals surface area contributed by atoms with Gasteiger partial charge in [-0.15, -0.1) is 0 Å². The summed E-state index contributed by atoms with van der Waals surface area (Å²) >= 11 is 0. The van der Waals surface area contributed by atoms with Crippen LogP contribution in [0.2, 0.25) is 39.3 Å². The van der Waals surface area contributed by atoms with Gasteiger partial charge in [0.25, 0.3) is 5.91 Å². The van der Waals surface area contributed by atoms with E-state index in [0.29, 0.717) is 67.8 Å². The second-order valence-corrected chi connectivity index (χ2v) is 47.5. The summed E-state index contributed by atoms with van der Waals surface area (Å²) in [6.45, 7) is 29.9. The fourth-order valence-corrected chi connectivity index (χ4v) is 26.6. The zero-order valence-corrected chi connectivity index (χ0v) is 78.8. The number of pyridine rings is 3. The predicted octanol–water partition coefficient (Wildman–Crippen LogP) is 9.47. The number of rotatable bonds is 21. The number of nitrogens with one attached hydrogen (secondary N) is 1. The van der Waals surface area contributed by atoms with Crippen LogP contribution >= 0.6 is 0 Å². The van der Waals surface area contributed by atoms with Crippen molar-refractivity contribution in [3.63, 3.8) is 0 Å². The molecule has 2 aliphatic carbocycles. The summed E-state index contributed by atoms with van der Waals surface area (Å²) in [5.74, 6) is -0.950. The molecule has 13 heterocycles. The molecule has 0 radical (unpaired) electrons. The average molecular weight is 1760 g/mol. The topological polar surface area (TPSA) is 340 Å². The second-order valence-electron chi connectivity index (χ2n) is 34.3. The Morgan fingerprint density at radius 3 is 1.26 bits per heavy atom. The number of primary sulfonamides is 1. The molecular weight excluding hydrogens is 1630 g/mol. The molecule has 0 spiro atoms. The van der Waals surface area contributed by atoms with Gasteiger partial charge in [-0.2, -0.15) is 10.2 Å². The van der Waals surface area contributed by atoms with Crippen molar-refractivity contribution in [2.24, 2.45) is 5.14 Å². The summed E-state index contributed by atoms with van der Waals surface area (Å²) in [6.07, 6.45) is 32.8. The standard InChI is InChI=1S/C34H47N7O4S.C27H33N5O2.C7H6N4O.C7H16N2O3S.C6H18NSi2.C5H5N.K/c42-34(37-46(43,44)24-8-15-38-20-22-45-23-21-38)29-25-30(40-18-13-27(14-19-40)39-16-5-2-6-17-39)31-32(26-9-7-10-26)36-41(33(31)35-29)28-11-3-1-4-12-28;33-27(34)22-18-23(31-16-12-20(13-17-31)30-14-5-2-6-15-30)24-25(19-8-7-9-19)29-32(26(24)28-22)21-10-3-1-4-11-21;12-7(10-3-1-8-5-10)11-4-2-9-6-11;8-13(10,11)7-1-2-9-3-5-12-6-4-9;1-8(2,3)7-9(4,5)6;1-2-4-6-5-3-1;/h1,3-4,11-12,25-27H,2,5-10,13-24H2,(H,37,42);1,3-4,10-11,18-20H,2,5-9,12-17H2,(H,33,34);1-6H;1-7H2,(H2,8,10,11);1-6H3;1-5H;/q;;;;-1;;+1. The first kappa shape index (κ1) is 94.8. The van der Waals surface area contributed by atoms with Crippen molar-refractivity contribution in [1.82, 2.24) is 77.9 Å². The maximum absolute atomic E-state index is 13.7. The molecular formula is C86H125KN20O10S2Si2. The number of benzene rings is 2. The fourth-order valence-electron chi connectivity index (χ4n) is 17.0. The van der Waals surface area contributed by atoms with Crippen LogP contribution < -0.4 is 71.0 Å². The van der Waals surface area contributed by atoms with Gasteiger partial charge >= 0.3 is 63.4 Å². The normalized spacial score (nSPS) is 18.4. The Kier molecular flexibility index (Phi) is 35.9. The number of carboxylic acid groups (broad SMARTS) is 1. The van der Waals surface area contributed by atoms with Gasteiger partial charge in [-0.05, 0) is 178 Å². The Hall–Kier alpha value is -6.89. The molecule has 0 unspecified atom stereocenters. The van der Waals surface area contributed by atoms with E-state index in [1.807, 2.05) is 94.3 Å². The molecule has 8 fully saturated rings. The summed E-state index contributed by atoms with van der Waals surface area (Å²) in [5, 5.41) is 27.0. The number of ether oxygens (including phenoxy) is 2. The number of morpholine rings is 2. The molecule has 0 bridgehead atoms. The number of carboxylic acids is 1. The number of imidazole rings is 2. The number of aromatic nitrogens is 11. The van der Waals surface area contributed by atoms with Gasteiger partial charge in [0.15, 0.2) is 17.0 Å². The van der Waals surface area contributed by atoms with Crippen LogP contribution in [-0.2, 0) is 29.5 Å². The molecule has 2 saturated carbocycles. The quantitative estimate of drug-likeness (QED) is 0.0563. The number of anilines is 2. The third-order valence-corrected chi connectivity index (χ3v) is 30.6. The molecule has 1 amide bonds. The van der Waals surface area contributed by atoms with Crippen molar-refractivity contribution in [3.05, 3.63) is 168 Å². The molecule has 0 atom stereocenters. The van der Waals surface area contributed by atoms with Gasteiger partial charge in [-0.25, -0.2) is 65.6 Å². The number of para-hydroxylation sites is 2. The van der Waals surface area contributed by atoms with Gasteiger partial charge in [0, 0.05) is 113 Å². The minimum Gasteiger partial charge on any atom is -0.668 e. The number of amides is 1. The van der Waals surface area contributed by atoms with Gasteiger partial charge in [0.1, 0.15) is 18.3 Å². The smallest absolute Gasteiger partial charge is 0.668 e. The third-order valence-electron chi connectivity index (χ3n) is 23.1. The number of hydrogen-bond acceptors (Lipinski definition) is 22. The van der Waals surface area contributed by atoms with E-state index < -0.39 is 48.4 Å². The van der Waals surface area contributed by atoms with E-state index in [-0.39, 0.29) is 80.3 Å². The molecule has 121 heavy (non-hydrogen) atoms. The molecule has 30 nitrogen and oxygen atoms in total. The Balaban J connectivity index is 0.000000164. The third kappa shape index (κ3) is 28.3. The molecule has 2 aromatic carbocycles. The summed E-state index contributed by atoms with van der Waals surface area (Å²) in [4.78, 5) is 72.5. The zero-order valence-electron chi connectivity index (χ0n) is 72.0. The van der Waals surface area contributed by atoms with E-state index in [9.17, 15) is 36.3 Å². The number of hydrogen-bond donors (Lipinski definition) is 3.